The molecule has 4 heteroatoms. The Kier molecular flexibility index (Phi) is 3.06. The molecule has 0 aliphatic rings. The molecule has 1 radical (unpaired) electrons. The molecule has 0 unspecified atom stereocenters. The number of aromatic nitrogens is 1. The van der Waals surface area contributed by atoms with E-state index in [-0.39, 0.29) is 5.91 Å². The molecular weight excluding hydrogens is 168 g/mol. The maximum Gasteiger partial charge on any atom is 0.217 e. The summed E-state index contributed by atoms with van der Waals surface area (Å²) in [7, 11) is 0. The Hall–Kier alpha value is -1.32. The summed E-state index contributed by atoms with van der Waals surface area (Å²) >= 11 is 0. The lowest BCUT2D eigenvalue weighted by molar-refractivity contribution is -0.117. The Labute approximate surface area is 77.1 Å². The van der Waals surface area contributed by atoms with Crippen molar-refractivity contribution in [1.82, 2.24) is 5.16 Å². The molecule has 0 atom stereocenters. The second kappa shape index (κ2) is 4.07. The van der Waals surface area contributed by atoms with Crippen LogP contribution in [0.3, 0.4) is 0 Å². The van der Waals surface area contributed by atoms with Crippen molar-refractivity contribution in [2.45, 2.75) is 26.7 Å². The first kappa shape index (κ1) is 9.77. The topological polar surface area (TPSA) is 69.1 Å². The van der Waals surface area contributed by atoms with Crippen molar-refractivity contribution < 1.29 is 9.32 Å². The summed E-state index contributed by atoms with van der Waals surface area (Å²) in [6.07, 6.45) is 2.81. The van der Waals surface area contributed by atoms with E-state index in [9.17, 15) is 4.79 Å². The predicted octanol–water partition coefficient (Wildman–Crippen LogP) is 0.914. The van der Waals surface area contributed by atoms with Gasteiger partial charge in [0.1, 0.15) is 5.76 Å². The van der Waals surface area contributed by atoms with Crippen LogP contribution in [0.1, 0.15) is 23.4 Å². The third-order valence-electron chi connectivity index (χ3n) is 1.88. The number of hydrogen-bond acceptors (Lipinski definition) is 3. The Morgan fingerprint density at radius 3 is 2.77 bits per heavy atom. The summed E-state index contributed by atoms with van der Waals surface area (Å²) in [5.74, 6) is 0.491. The van der Waals surface area contributed by atoms with Crippen LogP contribution in [0.5, 0.6) is 0 Å². The lowest BCUT2D eigenvalue weighted by Crippen LogP contribution is -2.10. The Balaban J connectivity index is 2.49. The van der Waals surface area contributed by atoms with Gasteiger partial charge < -0.3 is 10.3 Å². The maximum atomic E-state index is 10.4. The standard InChI is InChI=1S/C9H13N2O2/c1-6-8(7(2)13-11-6)4-3-5-9(10)12/h3H,4-5H2,1-2H3,(H2,10,12). The predicted molar refractivity (Wildman–Crippen MR) is 47.8 cm³/mol. The fourth-order valence-electron chi connectivity index (χ4n) is 1.15. The highest BCUT2D eigenvalue weighted by atomic mass is 16.5. The highest BCUT2D eigenvalue weighted by Gasteiger charge is 2.08. The van der Waals surface area contributed by atoms with Gasteiger partial charge in [0.05, 0.1) is 5.69 Å². The smallest absolute Gasteiger partial charge is 0.217 e. The van der Waals surface area contributed by atoms with Gasteiger partial charge in [0.15, 0.2) is 0 Å². The van der Waals surface area contributed by atoms with Gasteiger partial charge in [-0.1, -0.05) is 5.16 Å². The molecule has 0 saturated heterocycles. The summed E-state index contributed by atoms with van der Waals surface area (Å²) < 4.78 is 4.97. The van der Waals surface area contributed by atoms with E-state index in [1.54, 1.807) is 0 Å². The van der Waals surface area contributed by atoms with Crippen LogP contribution in [0.25, 0.3) is 0 Å². The van der Waals surface area contributed by atoms with E-state index in [4.69, 9.17) is 10.3 Å². The minimum Gasteiger partial charge on any atom is -0.370 e. The lowest BCUT2D eigenvalue weighted by atomic mass is 10.1. The third kappa shape index (κ3) is 2.57. The van der Waals surface area contributed by atoms with Gasteiger partial charge in [0, 0.05) is 12.0 Å². The van der Waals surface area contributed by atoms with E-state index < -0.39 is 0 Å². The maximum absolute atomic E-state index is 10.4. The van der Waals surface area contributed by atoms with Crippen LogP contribution in [0.2, 0.25) is 0 Å². The zero-order valence-electron chi connectivity index (χ0n) is 7.83. The van der Waals surface area contributed by atoms with Crippen molar-refractivity contribution in [3.8, 4) is 0 Å². The van der Waals surface area contributed by atoms with E-state index in [2.05, 4.69) is 5.16 Å². The van der Waals surface area contributed by atoms with Crippen molar-refractivity contribution >= 4 is 5.91 Å². The van der Waals surface area contributed by atoms with Crippen LogP contribution in [0, 0.1) is 20.3 Å². The zero-order valence-corrected chi connectivity index (χ0v) is 7.83. The van der Waals surface area contributed by atoms with Gasteiger partial charge in [-0.15, -0.1) is 0 Å². The summed E-state index contributed by atoms with van der Waals surface area (Å²) in [5, 5.41) is 3.80. The van der Waals surface area contributed by atoms with Gasteiger partial charge in [-0.2, -0.15) is 0 Å². The minimum atomic E-state index is -0.313. The molecule has 2 N–H and O–H groups in total. The monoisotopic (exact) mass is 181 g/mol. The molecule has 1 aromatic heterocycles. The average Bonchev–Trinajstić information content (AvgIpc) is 2.34. The zero-order chi connectivity index (χ0) is 9.84. The molecule has 0 spiro atoms. The molecule has 13 heavy (non-hydrogen) atoms. The third-order valence-corrected chi connectivity index (χ3v) is 1.88. The molecule has 0 saturated carbocycles. The van der Waals surface area contributed by atoms with Gasteiger partial charge >= 0.3 is 0 Å². The number of primary amides is 1. The molecule has 1 heterocycles. The summed E-state index contributed by atoms with van der Waals surface area (Å²) in [6, 6.07) is 0. The Morgan fingerprint density at radius 2 is 2.31 bits per heavy atom. The molecule has 0 aliphatic heterocycles. The molecule has 0 fully saturated rings. The number of nitrogens with zero attached hydrogens (tertiary/aromatic N) is 1. The number of carbonyl (C=O) groups excluding carboxylic acids is 1. The number of aryl methyl sites for hydroxylation is 2. The highest BCUT2D eigenvalue weighted by molar-refractivity contribution is 5.74. The number of carbonyl (C=O) groups is 1. The van der Waals surface area contributed by atoms with Crippen molar-refractivity contribution in [2.24, 2.45) is 5.73 Å². The SMILES string of the molecule is Cc1noc(C)c1C[CH]CC(N)=O. The second-order valence-electron chi connectivity index (χ2n) is 2.97. The van der Waals surface area contributed by atoms with Gasteiger partial charge in [-0.3, -0.25) is 4.79 Å². The largest absolute Gasteiger partial charge is 0.370 e. The molecule has 0 bridgehead atoms. The molecule has 1 rings (SSSR count). The summed E-state index contributed by atoms with van der Waals surface area (Å²) in [5.41, 5.74) is 6.91. The molecule has 71 valence electrons. The molecule has 1 aromatic rings. The minimum absolute atomic E-state index is 0.296. The van der Waals surface area contributed by atoms with Gasteiger partial charge in [0.2, 0.25) is 5.91 Å². The van der Waals surface area contributed by atoms with Gasteiger partial charge in [0.25, 0.3) is 0 Å². The van der Waals surface area contributed by atoms with E-state index in [1.165, 1.54) is 0 Å². The number of rotatable bonds is 4. The Bertz CT molecular complexity index is 285. The number of nitrogens with two attached hydrogens (primary N) is 1. The van der Waals surface area contributed by atoms with Gasteiger partial charge in [-0.05, 0) is 26.7 Å². The first-order valence-electron chi connectivity index (χ1n) is 4.13. The molecule has 4 nitrogen and oxygen atoms in total. The first-order chi connectivity index (χ1) is 6.11. The lowest BCUT2D eigenvalue weighted by Gasteiger charge is -1.96. The van der Waals surface area contributed by atoms with E-state index >= 15 is 0 Å². The van der Waals surface area contributed by atoms with E-state index in [1.807, 2.05) is 20.3 Å². The highest BCUT2D eigenvalue weighted by Crippen LogP contribution is 2.14. The van der Waals surface area contributed by atoms with Crippen molar-refractivity contribution in [1.29, 1.82) is 0 Å². The van der Waals surface area contributed by atoms with E-state index in [0.29, 0.717) is 12.8 Å². The molecular formula is C9H13N2O2. The number of hydrogen-bond donors (Lipinski definition) is 1. The van der Waals surface area contributed by atoms with Crippen LogP contribution in [-0.4, -0.2) is 11.1 Å². The van der Waals surface area contributed by atoms with E-state index in [0.717, 1.165) is 17.0 Å². The van der Waals surface area contributed by atoms with Crippen molar-refractivity contribution in [3.05, 3.63) is 23.4 Å². The van der Waals surface area contributed by atoms with Gasteiger partial charge in [-0.25, -0.2) is 0 Å². The number of amides is 1. The normalized spacial score (nSPS) is 10.3. The summed E-state index contributed by atoms with van der Waals surface area (Å²) in [4.78, 5) is 10.4. The molecule has 0 aromatic carbocycles. The first-order valence-corrected chi connectivity index (χ1v) is 4.13. The molecule has 1 amide bonds. The fourth-order valence-corrected chi connectivity index (χ4v) is 1.15. The van der Waals surface area contributed by atoms with Crippen LogP contribution >= 0.6 is 0 Å². The van der Waals surface area contributed by atoms with Crippen molar-refractivity contribution in [3.63, 3.8) is 0 Å². The fraction of sp³-hybridized carbons (Fsp3) is 0.444. The Morgan fingerprint density at radius 1 is 1.62 bits per heavy atom. The van der Waals surface area contributed by atoms with Crippen LogP contribution in [-0.2, 0) is 11.2 Å². The van der Waals surface area contributed by atoms with Crippen LogP contribution < -0.4 is 5.73 Å². The molecule has 0 aliphatic carbocycles. The van der Waals surface area contributed by atoms with Crippen LogP contribution in [0.4, 0.5) is 0 Å². The van der Waals surface area contributed by atoms with Crippen LogP contribution in [0.15, 0.2) is 4.52 Å². The second-order valence-corrected chi connectivity index (χ2v) is 2.97. The summed E-state index contributed by atoms with van der Waals surface area (Å²) in [6.45, 7) is 3.73. The quantitative estimate of drug-likeness (QED) is 0.750. The van der Waals surface area contributed by atoms with Crippen molar-refractivity contribution in [2.75, 3.05) is 0 Å². The average molecular weight is 181 g/mol.